The van der Waals surface area contributed by atoms with Crippen molar-refractivity contribution in [2.45, 2.75) is 26.2 Å². The van der Waals surface area contributed by atoms with Gasteiger partial charge in [0.1, 0.15) is 13.2 Å². The van der Waals surface area contributed by atoms with Gasteiger partial charge in [0.2, 0.25) is 0 Å². The van der Waals surface area contributed by atoms with Gasteiger partial charge >= 0.3 is 5.97 Å². The molecule has 2 aliphatic heterocycles. The van der Waals surface area contributed by atoms with Gasteiger partial charge in [0.05, 0.1) is 17.9 Å². The third-order valence-electron chi connectivity index (χ3n) is 6.05. The van der Waals surface area contributed by atoms with Crippen molar-refractivity contribution in [1.82, 2.24) is 9.88 Å². The topological polar surface area (TPSA) is 80.9 Å². The lowest BCUT2D eigenvalue weighted by Gasteiger charge is -2.30. The number of rotatable bonds is 3. The maximum atomic E-state index is 13.6. The molecule has 1 N–H and O–H groups in total. The van der Waals surface area contributed by atoms with E-state index in [0.717, 1.165) is 16.5 Å². The Morgan fingerprint density at radius 3 is 2.64 bits per heavy atom. The standard InChI is InChI=1S/C26H26N2O5/c1-4-31-25(30)18-14-28(24(29)16-9-10-20-21(13-16)33-12-11-32-20)15-26(2,3)22-17-7-5-6-8-19(17)27-23(18)22/h5-10,13-14,27H,4,11-12,15H2,1-3H3. The number of hydrogen-bond donors (Lipinski definition) is 1. The fourth-order valence-electron chi connectivity index (χ4n) is 4.65. The van der Waals surface area contributed by atoms with Gasteiger partial charge in [-0.25, -0.2) is 4.79 Å². The predicted molar refractivity (Wildman–Crippen MR) is 124 cm³/mol. The highest BCUT2D eigenvalue weighted by molar-refractivity contribution is 6.18. The van der Waals surface area contributed by atoms with Crippen molar-refractivity contribution in [2.24, 2.45) is 0 Å². The lowest BCUT2D eigenvalue weighted by Crippen LogP contribution is -2.37. The SMILES string of the molecule is CCOC(=O)C1=CN(C(=O)c2ccc3c(c2)OCCO3)CC(C)(C)c2c1[nH]c1ccccc21. The third-order valence-corrected chi connectivity index (χ3v) is 6.05. The molecule has 0 fully saturated rings. The fraction of sp³-hybridized carbons (Fsp3) is 0.308. The van der Waals surface area contributed by atoms with E-state index < -0.39 is 11.4 Å². The van der Waals surface area contributed by atoms with E-state index in [2.05, 4.69) is 18.8 Å². The van der Waals surface area contributed by atoms with Crippen LogP contribution in [0.1, 0.15) is 42.4 Å². The average Bonchev–Trinajstić information content (AvgIpc) is 3.16. The number of aromatic nitrogens is 1. The van der Waals surface area contributed by atoms with Crippen molar-refractivity contribution in [1.29, 1.82) is 0 Å². The summed E-state index contributed by atoms with van der Waals surface area (Å²) in [6, 6.07) is 13.1. The van der Waals surface area contributed by atoms with Crippen LogP contribution in [0.2, 0.25) is 0 Å². The molecule has 0 spiro atoms. The van der Waals surface area contributed by atoms with Gasteiger partial charge in [0.15, 0.2) is 11.5 Å². The largest absolute Gasteiger partial charge is 0.486 e. The van der Waals surface area contributed by atoms with Crippen molar-refractivity contribution in [2.75, 3.05) is 26.4 Å². The quantitative estimate of drug-likeness (QED) is 0.608. The maximum absolute atomic E-state index is 13.6. The number of carbonyl (C=O) groups is 2. The van der Waals surface area contributed by atoms with Crippen LogP contribution in [-0.4, -0.2) is 48.1 Å². The first kappa shape index (κ1) is 21.1. The predicted octanol–water partition coefficient (Wildman–Crippen LogP) is 4.28. The molecule has 0 saturated carbocycles. The highest BCUT2D eigenvalue weighted by Gasteiger charge is 2.37. The molecule has 0 radical (unpaired) electrons. The summed E-state index contributed by atoms with van der Waals surface area (Å²) >= 11 is 0. The molecule has 7 heteroatoms. The van der Waals surface area contributed by atoms with Gasteiger partial charge < -0.3 is 24.1 Å². The second-order valence-electron chi connectivity index (χ2n) is 8.86. The van der Waals surface area contributed by atoms with Gasteiger partial charge in [-0.2, -0.15) is 0 Å². The molecule has 33 heavy (non-hydrogen) atoms. The number of hydrogen-bond acceptors (Lipinski definition) is 5. The van der Waals surface area contributed by atoms with Crippen LogP contribution in [0.5, 0.6) is 11.5 Å². The zero-order valence-corrected chi connectivity index (χ0v) is 18.9. The number of nitrogens with one attached hydrogen (secondary N) is 1. The average molecular weight is 447 g/mol. The molecule has 2 aliphatic rings. The Morgan fingerprint density at radius 1 is 1.09 bits per heavy atom. The van der Waals surface area contributed by atoms with Crippen LogP contribution in [0.4, 0.5) is 0 Å². The number of H-pyrrole nitrogens is 1. The summed E-state index contributed by atoms with van der Waals surface area (Å²) < 4.78 is 16.6. The summed E-state index contributed by atoms with van der Waals surface area (Å²) in [4.78, 5) is 31.6. The van der Waals surface area contributed by atoms with Crippen LogP contribution >= 0.6 is 0 Å². The van der Waals surface area contributed by atoms with Crippen LogP contribution in [0.25, 0.3) is 16.5 Å². The molecule has 3 heterocycles. The van der Waals surface area contributed by atoms with E-state index in [0.29, 0.717) is 48.1 Å². The summed E-state index contributed by atoms with van der Waals surface area (Å²) in [7, 11) is 0. The molecule has 0 aliphatic carbocycles. The van der Waals surface area contributed by atoms with E-state index in [1.165, 1.54) is 0 Å². The molecule has 0 bridgehead atoms. The van der Waals surface area contributed by atoms with E-state index in [1.54, 1.807) is 36.2 Å². The second-order valence-corrected chi connectivity index (χ2v) is 8.86. The first-order chi connectivity index (χ1) is 15.9. The Labute approximate surface area is 191 Å². The minimum absolute atomic E-state index is 0.226. The summed E-state index contributed by atoms with van der Waals surface area (Å²) in [5.41, 5.74) is 2.98. The molecule has 0 atom stereocenters. The molecule has 0 unspecified atom stereocenters. The van der Waals surface area contributed by atoms with Crippen LogP contribution in [0, 0.1) is 0 Å². The lowest BCUT2D eigenvalue weighted by atomic mass is 9.81. The monoisotopic (exact) mass is 446 g/mol. The van der Waals surface area contributed by atoms with Gasteiger partial charge in [-0.1, -0.05) is 32.0 Å². The Bertz CT molecular complexity index is 1290. The van der Waals surface area contributed by atoms with Crippen molar-refractivity contribution in [3.63, 3.8) is 0 Å². The van der Waals surface area contributed by atoms with Gasteiger partial charge in [0, 0.05) is 34.6 Å². The van der Waals surface area contributed by atoms with Crippen molar-refractivity contribution in [3.05, 3.63) is 65.5 Å². The number of aromatic amines is 1. The maximum Gasteiger partial charge on any atom is 0.341 e. The van der Waals surface area contributed by atoms with Crippen molar-refractivity contribution < 1.29 is 23.8 Å². The van der Waals surface area contributed by atoms with Gasteiger partial charge in [0.25, 0.3) is 5.91 Å². The number of amides is 1. The van der Waals surface area contributed by atoms with Crippen molar-refractivity contribution >= 4 is 28.4 Å². The van der Waals surface area contributed by atoms with E-state index in [1.807, 2.05) is 24.3 Å². The number of nitrogens with zero attached hydrogens (tertiary/aromatic N) is 1. The number of para-hydroxylation sites is 1. The highest BCUT2D eigenvalue weighted by Crippen LogP contribution is 2.41. The molecule has 1 amide bonds. The van der Waals surface area contributed by atoms with Gasteiger partial charge in [-0.15, -0.1) is 0 Å². The molecule has 3 aromatic rings. The summed E-state index contributed by atoms with van der Waals surface area (Å²) in [6.45, 7) is 7.48. The van der Waals surface area contributed by atoms with Crippen LogP contribution in [0.15, 0.2) is 48.7 Å². The molecular weight excluding hydrogens is 420 g/mol. The molecule has 5 rings (SSSR count). The first-order valence-corrected chi connectivity index (χ1v) is 11.1. The van der Waals surface area contributed by atoms with E-state index in [-0.39, 0.29) is 12.5 Å². The van der Waals surface area contributed by atoms with Crippen LogP contribution < -0.4 is 9.47 Å². The Morgan fingerprint density at radius 2 is 1.85 bits per heavy atom. The zero-order valence-electron chi connectivity index (χ0n) is 18.9. The van der Waals surface area contributed by atoms with Gasteiger partial charge in [-0.3, -0.25) is 4.79 Å². The van der Waals surface area contributed by atoms with Gasteiger partial charge in [-0.05, 0) is 36.8 Å². The first-order valence-electron chi connectivity index (χ1n) is 11.1. The molecule has 170 valence electrons. The summed E-state index contributed by atoms with van der Waals surface area (Å²) in [6.07, 6.45) is 1.61. The van der Waals surface area contributed by atoms with E-state index in [4.69, 9.17) is 14.2 Å². The highest BCUT2D eigenvalue weighted by atomic mass is 16.6. The van der Waals surface area contributed by atoms with E-state index in [9.17, 15) is 9.59 Å². The second kappa shape index (κ2) is 7.99. The van der Waals surface area contributed by atoms with E-state index >= 15 is 0 Å². The molecule has 0 saturated heterocycles. The Balaban J connectivity index is 1.62. The molecular formula is C26H26N2O5. The Hall–Kier alpha value is -3.74. The smallest absolute Gasteiger partial charge is 0.341 e. The number of benzene rings is 2. The van der Waals surface area contributed by atoms with Crippen LogP contribution in [-0.2, 0) is 14.9 Å². The normalized spacial score (nSPS) is 16.6. The molecule has 1 aromatic heterocycles. The lowest BCUT2D eigenvalue weighted by molar-refractivity contribution is -0.136. The summed E-state index contributed by atoms with van der Waals surface area (Å²) in [5.74, 6) is 0.476. The minimum Gasteiger partial charge on any atom is -0.486 e. The fourth-order valence-corrected chi connectivity index (χ4v) is 4.65. The van der Waals surface area contributed by atoms with Crippen LogP contribution in [0.3, 0.4) is 0 Å². The number of fused-ring (bicyclic) bond motifs is 4. The number of esters is 1. The zero-order chi connectivity index (χ0) is 23.2. The minimum atomic E-state index is -0.469. The molecule has 7 nitrogen and oxygen atoms in total. The molecule has 2 aromatic carbocycles. The number of ether oxygens (including phenoxy) is 3. The van der Waals surface area contributed by atoms with Crippen molar-refractivity contribution in [3.8, 4) is 11.5 Å². The number of carbonyl (C=O) groups excluding carboxylic acids is 2. The third kappa shape index (κ3) is 3.63. The Kier molecular flexibility index (Phi) is 5.12. The summed E-state index contributed by atoms with van der Waals surface area (Å²) in [5, 5.41) is 1.03.